The van der Waals surface area contributed by atoms with E-state index in [0.717, 1.165) is 26.2 Å². The first-order chi connectivity index (χ1) is 8.77. The van der Waals surface area contributed by atoms with Gasteiger partial charge in [-0.05, 0) is 27.7 Å². The van der Waals surface area contributed by atoms with E-state index in [9.17, 15) is 4.79 Å². The van der Waals surface area contributed by atoms with Crippen molar-refractivity contribution in [2.24, 2.45) is 0 Å². The molecule has 0 aliphatic carbocycles. The molecule has 19 heavy (non-hydrogen) atoms. The predicted molar refractivity (Wildman–Crippen MR) is 75.6 cm³/mol. The number of rotatable bonds is 4. The Morgan fingerprint density at radius 1 is 1.32 bits per heavy atom. The molecule has 0 saturated carbocycles. The highest BCUT2D eigenvalue weighted by atomic mass is 16.2. The van der Waals surface area contributed by atoms with Gasteiger partial charge in [-0.3, -0.25) is 14.6 Å². The van der Waals surface area contributed by atoms with Gasteiger partial charge >= 0.3 is 0 Å². The number of nitriles is 1. The van der Waals surface area contributed by atoms with Gasteiger partial charge in [0.2, 0.25) is 5.91 Å². The van der Waals surface area contributed by atoms with Crippen LogP contribution in [0.15, 0.2) is 0 Å². The third-order valence-corrected chi connectivity index (χ3v) is 3.96. The van der Waals surface area contributed by atoms with Crippen LogP contribution in [0.2, 0.25) is 0 Å². The molecule has 1 saturated heterocycles. The molecule has 1 amide bonds. The standard InChI is InChI=1S/C14H26N4O/c1-12(2)16(5)13(19)10-17-6-8-18(9-7-17)14(3,4)11-15/h12H,6-10H2,1-5H3. The number of carbonyl (C=O) groups excluding carboxylic acids is 1. The molecule has 1 heterocycles. The molecule has 0 aromatic heterocycles. The molecule has 0 aromatic rings. The van der Waals surface area contributed by atoms with Gasteiger partial charge in [-0.25, -0.2) is 0 Å². The van der Waals surface area contributed by atoms with Crippen molar-refractivity contribution in [2.75, 3.05) is 39.8 Å². The monoisotopic (exact) mass is 266 g/mol. The van der Waals surface area contributed by atoms with E-state index in [1.165, 1.54) is 0 Å². The van der Waals surface area contributed by atoms with E-state index in [1.807, 2.05) is 34.7 Å². The molecule has 1 aliphatic heterocycles. The molecule has 0 spiro atoms. The van der Waals surface area contributed by atoms with Crippen molar-refractivity contribution >= 4 is 5.91 Å². The summed E-state index contributed by atoms with van der Waals surface area (Å²) in [5, 5.41) is 9.13. The van der Waals surface area contributed by atoms with Crippen molar-refractivity contribution in [3.05, 3.63) is 0 Å². The van der Waals surface area contributed by atoms with Crippen molar-refractivity contribution in [3.63, 3.8) is 0 Å². The summed E-state index contributed by atoms with van der Waals surface area (Å²) in [6, 6.07) is 2.57. The Labute approximate surface area is 116 Å². The predicted octanol–water partition coefficient (Wildman–Crippen LogP) is 0.773. The minimum absolute atomic E-state index is 0.169. The molecule has 0 radical (unpaired) electrons. The zero-order valence-corrected chi connectivity index (χ0v) is 12.8. The summed E-state index contributed by atoms with van der Waals surface area (Å²) >= 11 is 0. The Hall–Kier alpha value is -1.12. The summed E-state index contributed by atoms with van der Waals surface area (Å²) < 4.78 is 0. The molecule has 0 aromatic carbocycles. The molecule has 1 fully saturated rings. The van der Waals surface area contributed by atoms with Crippen LogP contribution in [-0.2, 0) is 4.79 Å². The lowest BCUT2D eigenvalue weighted by Gasteiger charge is -2.40. The Kier molecular flexibility index (Phi) is 5.33. The third-order valence-electron chi connectivity index (χ3n) is 3.96. The van der Waals surface area contributed by atoms with Crippen LogP contribution in [0.25, 0.3) is 0 Å². The van der Waals surface area contributed by atoms with E-state index in [1.54, 1.807) is 4.90 Å². The molecular weight excluding hydrogens is 240 g/mol. The zero-order chi connectivity index (χ0) is 14.6. The van der Waals surface area contributed by atoms with Crippen LogP contribution in [-0.4, -0.2) is 72.0 Å². The van der Waals surface area contributed by atoms with Crippen LogP contribution in [0.1, 0.15) is 27.7 Å². The third kappa shape index (κ3) is 4.19. The maximum atomic E-state index is 12.0. The maximum absolute atomic E-state index is 12.0. The Morgan fingerprint density at radius 2 is 1.84 bits per heavy atom. The Bertz CT molecular complexity index is 351. The van der Waals surface area contributed by atoms with Gasteiger partial charge in [0.25, 0.3) is 0 Å². The first-order valence-electron chi connectivity index (χ1n) is 6.92. The largest absolute Gasteiger partial charge is 0.342 e. The molecule has 0 N–H and O–H groups in total. The summed E-state index contributed by atoms with van der Waals surface area (Å²) in [5.41, 5.74) is -0.412. The lowest BCUT2D eigenvalue weighted by Crippen LogP contribution is -2.55. The SMILES string of the molecule is CC(C)N(C)C(=O)CN1CCN(C(C)(C)C#N)CC1. The van der Waals surface area contributed by atoms with E-state index in [0.29, 0.717) is 6.54 Å². The quantitative estimate of drug-likeness (QED) is 0.754. The van der Waals surface area contributed by atoms with E-state index in [4.69, 9.17) is 5.26 Å². The van der Waals surface area contributed by atoms with Crippen molar-refractivity contribution in [3.8, 4) is 6.07 Å². The maximum Gasteiger partial charge on any atom is 0.236 e. The van der Waals surface area contributed by atoms with Crippen LogP contribution >= 0.6 is 0 Å². The normalized spacial score (nSPS) is 18.4. The highest BCUT2D eigenvalue weighted by Crippen LogP contribution is 2.15. The average Bonchev–Trinajstić information content (AvgIpc) is 2.38. The second-order valence-electron chi connectivity index (χ2n) is 6.03. The molecule has 0 atom stereocenters. The van der Waals surface area contributed by atoms with Crippen LogP contribution < -0.4 is 0 Å². The van der Waals surface area contributed by atoms with Gasteiger partial charge < -0.3 is 4.90 Å². The fourth-order valence-corrected chi connectivity index (χ4v) is 2.13. The highest BCUT2D eigenvalue weighted by Gasteiger charge is 2.30. The summed E-state index contributed by atoms with van der Waals surface area (Å²) in [4.78, 5) is 18.1. The number of hydrogen-bond acceptors (Lipinski definition) is 4. The van der Waals surface area contributed by atoms with Gasteiger partial charge in [0, 0.05) is 39.3 Å². The molecule has 108 valence electrons. The molecule has 0 bridgehead atoms. The number of likely N-dealkylation sites (N-methyl/N-ethyl adjacent to an activating group) is 1. The van der Waals surface area contributed by atoms with Gasteiger partial charge in [-0.15, -0.1) is 0 Å². The highest BCUT2D eigenvalue weighted by molar-refractivity contribution is 5.78. The minimum atomic E-state index is -0.412. The number of piperazine rings is 1. The van der Waals surface area contributed by atoms with Crippen LogP contribution in [0.3, 0.4) is 0 Å². The van der Waals surface area contributed by atoms with Crippen LogP contribution in [0, 0.1) is 11.3 Å². The van der Waals surface area contributed by atoms with Gasteiger partial charge in [-0.1, -0.05) is 0 Å². The minimum Gasteiger partial charge on any atom is -0.342 e. The van der Waals surface area contributed by atoms with E-state index < -0.39 is 5.54 Å². The van der Waals surface area contributed by atoms with Crippen molar-refractivity contribution in [1.29, 1.82) is 5.26 Å². The first-order valence-corrected chi connectivity index (χ1v) is 6.92. The second kappa shape index (κ2) is 6.36. The summed E-state index contributed by atoms with van der Waals surface area (Å²) in [5.74, 6) is 0.169. The van der Waals surface area contributed by atoms with Gasteiger partial charge in [0.15, 0.2) is 0 Å². The summed E-state index contributed by atoms with van der Waals surface area (Å²) in [6.45, 7) is 11.8. The van der Waals surface area contributed by atoms with E-state index in [2.05, 4.69) is 15.9 Å². The summed E-state index contributed by atoms with van der Waals surface area (Å²) in [6.07, 6.45) is 0. The van der Waals surface area contributed by atoms with Crippen molar-refractivity contribution in [2.45, 2.75) is 39.3 Å². The molecule has 5 heteroatoms. The fraction of sp³-hybridized carbons (Fsp3) is 0.857. The zero-order valence-electron chi connectivity index (χ0n) is 12.8. The smallest absolute Gasteiger partial charge is 0.236 e. The van der Waals surface area contributed by atoms with Gasteiger partial charge in [0.1, 0.15) is 5.54 Å². The molecule has 5 nitrogen and oxygen atoms in total. The van der Waals surface area contributed by atoms with E-state index >= 15 is 0 Å². The topological polar surface area (TPSA) is 50.6 Å². The lowest BCUT2D eigenvalue weighted by molar-refractivity contribution is -0.133. The van der Waals surface area contributed by atoms with Gasteiger partial charge in [-0.2, -0.15) is 5.26 Å². The molecule has 1 rings (SSSR count). The number of hydrogen-bond donors (Lipinski definition) is 0. The van der Waals surface area contributed by atoms with Crippen molar-refractivity contribution in [1.82, 2.24) is 14.7 Å². The van der Waals surface area contributed by atoms with Crippen LogP contribution in [0.4, 0.5) is 0 Å². The van der Waals surface area contributed by atoms with Crippen molar-refractivity contribution < 1.29 is 4.79 Å². The Morgan fingerprint density at radius 3 is 2.26 bits per heavy atom. The number of carbonyl (C=O) groups is 1. The molecular formula is C14H26N4O. The average molecular weight is 266 g/mol. The fourth-order valence-electron chi connectivity index (χ4n) is 2.13. The Balaban J connectivity index is 2.43. The molecule has 0 unspecified atom stereocenters. The van der Waals surface area contributed by atoms with Gasteiger partial charge in [0.05, 0.1) is 12.6 Å². The van der Waals surface area contributed by atoms with E-state index in [-0.39, 0.29) is 11.9 Å². The first kappa shape index (κ1) is 15.9. The van der Waals surface area contributed by atoms with Crippen LogP contribution in [0.5, 0.6) is 0 Å². The number of nitrogens with zero attached hydrogens (tertiary/aromatic N) is 4. The second-order valence-corrected chi connectivity index (χ2v) is 6.03. The lowest BCUT2D eigenvalue weighted by atomic mass is 10.0. The summed E-state index contributed by atoms with van der Waals surface area (Å²) in [7, 11) is 1.85. The number of amides is 1. The molecule has 1 aliphatic rings.